The lowest BCUT2D eigenvalue weighted by molar-refractivity contribution is 0.0955. The van der Waals surface area contributed by atoms with Crippen molar-refractivity contribution < 1.29 is 14.3 Å². The van der Waals surface area contributed by atoms with E-state index in [1.807, 2.05) is 6.92 Å². The fourth-order valence-corrected chi connectivity index (χ4v) is 2.68. The normalized spacial score (nSPS) is 11.0. The van der Waals surface area contributed by atoms with Crippen LogP contribution in [0.1, 0.15) is 36.7 Å². The smallest absolute Gasteiger partial charge is 0.272 e. The van der Waals surface area contributed by atoms with E-state index in [2.05, 4.69) is 24.4 Å². The van der Waals surface area contributed by atoms with Gasteiger partial charge in [-0.25, -0.2) is 5.43 Å². The van der Waals surface area contributed by atoms with Crippen molar-refractivity contribution in [1.82, 2.24) is 5.43 Å². The summed E-state index contributed by atoms with van der Waals surface area (Å²) in [5.41, 5.74) is 3.46. The highest BCUT2D eigenvalue weighted by Crippen LogP contribution is 2.36. The number of nitrogens with zero attached hydrogens (tertiary/aromatic N) is 1. The van der Waals surface area contributed by atoms with Gasteiger partial charge in [0.15, 0.2) is 11.5 Å². The molecule has 0 atom stereocenters. The zero-order valence-electron chi connectivity index (χ0n) is 15.5. The summed E-state index contributed by atoms with van der Waals surface area (Å²) in [5, 5.41) is 4.74. The molecule has 27 heavy (non-hydrogen) atoms. The number of benzene rings is 2. The maximum atomic E-state index is 12.1. The van der Waals surface area contributed by atoms with Crippen LogP contribution in [0, 0.1) is 5.92 Å². The maximum Gasteiger partial charge on any atom is 0.272 e. The average molecular weight is 409 g/mol. The van der Waals surface area contributed by atoms with Gasteiger partial charge in [0, 0.05) is 0 Å². The molecular weight excluding hydrogens is 387 g/mol. The number of hydrogen-bond acceptors (Lipinski definition) is 4. The van der Waals surface area contributed by atoms with Crippen LogP contribution in [-0.4, -0.2) is 25.3 Å². The molecule has 0 aliphatic carbocycles. The minimum Gasteiger partial charge on any atom is -0.490 e. The molecule has 1 N–H and O–H groups in total. The topological polar surface area (TPSA) is 59.9 Å². The molecule has 2 aromatic carbocycles. The molecule has 0 unspecified atom stereocenters. The number of rotatable bonds is 8. The van der Waals surface area contributed by atoms with E-state index in [4.69, 9.17) is 32.7 Å². The van der Waals surface area contributed by atoms with Crippen LogP contribution in [0.3, 0.4) is 0 Å². The summed E-state index contributed by atoms with van der Waals surface area (Å²) < 4.78 is 11.4. The summed E-state index contributed by atoms with van der Waals surface area (Å²) in [4.78, 5) is 12.1. The molecule has 0 radical (unpaired) electrons. The highest BCUT2D eigenvalue weighted by molar-refractivity contribution is 6.34. The van der Waals surface area contributed by atoms with E-state index in [1.54, 1.807) is 36.4 Å². The van der Waals surface area contributed by atoms with Gasteiger partial charge < -0.3 is 9.47 Å². The molecule has 144 valence electrons. The summed E-state index contributed by atoms with van der Waals surface area (Å²) >= 11 is 12.3. The van der Waals surface area contributed by atoms with Crippen LogP contribution in [-0.2, 0) is 0 Å². The Hall–Kier alpha value is -2.24. The van der Waals surface area contributed by atoms with Gasteiger partial charge in [-0.05, 0) is 42.7 Å². The van der Waals surface area contributed by atoms with Gasteiger partial charge in [-0.2, -0.15) is 5.10 Å². The Labute approximate surface area is 169 Å². The van der Waals surface area contributed by atoms with Gasteiger partial charge in [0.1, 0.15) is 0 Å². The first-order chi connectivity index (χ1) is 12.9. The van der Waals surface area contributed by atoms with Crippen molar-refractivity contribution in [2.24, 2.45) is 11.0 Å². The second-order valence-electron chi connectivity index (χ2n) is 6.15. The van der Waals surface area contributed by atoms with Crippen LogP contribution in [0.4, 0.5) is 0 Å². The van der Waals surface area contributed by atoms with Crippen molar-refractivity contribution in [1.29, 1.82) is 0 Å². The first-order valence-corrected chi connectivity index (χ1v) is 9.35. The minimum atomic E-state index is -0.398. The molecular formula is C20H22Cl2N2O3. The van der Waals surface area contributed by atoms with Crippen LogP contribution >= 0.6 is 23.2 Å². The van der Waals surface area contributed by atoms with Gasteiger partial charge in [-0.3, -0.25) is 4.79 Å². The van der Waals surface area contributed by atoms with Gasteiger partial charge >= 0.3 is 0 Å². The van der Waals surface area contributed by atoms with Crippen molar-refractivity contribution >= 4 is 35.3 Å². The standard InChI is InChI=1S/C20H22Cl2N2O3/c1-4-26-18-10-14(9-17(22)19(18)27-12-13(2)3)11-23-24-20(25)15-7-5-6-8-16(15)21/h5-11,13H,4,12H2,1-3H3,(H,24,25)/b23-11-. The Balaban J connectivity index is 2.14. The number of amides is 1. The number of halogens is 2. The lowest BCUT2D eigenvalue weighted by Gasteiger charge is -2.15. The number of carbonyl (C=O) groups is 1. The second-order valence-corrected chi connectivity index (χ2v) is 6.96. The lowest BCUT2D eigenvalue weighted by atomic mass is 10.2. The van der Waals surface area contributed by atoms with E-state index in [0.29, 0.717) is 51.8 Å². The molecule has 0 fully saturated rings. The third kappa shape index (κ3) is 6.15. The fourth-order valence-electron chi connectivity index (χ4n) is 2.19. The number of nitrogens with one attached hydrogen (secondary N) is 1. The Morgan fingerprint density at radius 3 is 2.59 bits per heavy atom. The van der Waals surface area contributed by atoms with Gasteiger partial charge in [0.05, 0.1) is 35.0 Å². The molecule has 1 amide bonds. The van der Waals surface area contributed by atoms with Crippen LogP contribution in [0.5, 0.6) is 11.5 Å². The minimum absolute atomic E-state index is 0.349. The lowest BCUT2D eigenvalue weighted by Crippen LogP contribution is -2.18. The Bertz CT molecular complexity index is 823. The second kappa shape index (κ2) is 10.2. The van der Waals surface area contributed by atoms with E-state index >= 15 is 0 Å². The molecule has 5 nitrogen and oxygen atoms in total. The molecule has 2 rings (SSSR count). The third-order valence-electron chi connectivity index (χ3n) is 3.39. The monoisotopic (exact) mass is 408 g/mol. The van der Waals surface area contributed by atoms with Gasteiger partial charge in [-0.1, -0.05) is 49.2 Å². The number of ether oxygens (including phenoxy) is 2. The highest BCUT2D eigenvalue weighted by atomic mass is 35.5. The van der Waals surface area contributed by atoms with Crippen molar-refractivity contribution in [3.63, 3.8) is 0 Å². The SMILES string of the molecule is CCOc1cc(/C=N\NC(=O)c2ccccc2Cl)cc(Cl)c1OCC(C)C. The predicted molar refractivity (Wildman–Crippen MR) is 109 cm³/mol. The molecule has 0 aliphatic heterocycles. The molecule has 2 aromatic rings. The van der Waals surface area contributed by atoms with Crippen LogP contribution in [0.2, 0.25) is 10.0 Å². The van der Waals surface area contributed by atoms with E-state index in [-0.39, 0.29) is 0 Å². The fraction of sp³-hybridized carbons (Fsp3) is 0.300. The predicted octanol–water partition coefficient (Wildman–Crippen LogP) is 5.19. The summed E-state index contributed by atoms with van der Waals surface area (Å²) in [6.07, 6.45) is 1.48. The summed E-state index contributed by atoms with van der Waals surface area (Å²) in [5.74, 6) is 0.996. The van der Waals surface area contributed by atoms with Crippen molar-refractivity contribution in [3.05, 3.63) is 57.6 Å². The summed E-state index contributed by atoms with van der Waals surface area (Å²) in [6.45, 7) is 6.98. The summed E-state index contributed by atoms with van der Waals surface area (Å²) in [6, 6.07) is 10.2. The first kappa shape index (κ1) is 21.1. The Morgan fingerprint density at radius 1 is 1.19 bits per heavy atom. The van der Waals surface area contributed by atoms with E-state index in [9.17, 15) is 4.79 Å². The molecule has 0 bridgehead atoms. The van der Waals surface area contributed by atoms with Crippen molar-refractivity contribution in [2.75, 3.05) is 13.2 Å². The summed E-state index contributed by atoms with van der Waals surface area (Å²) in [7, 11) is 0. The molecule has 7 heteroatoms. The zero-order valence-corrected chi connectivity index (χ0v) is 17.0. The largest absolute Gasteiger partial charge is 0.490 e. The van der Waals surface area contributed by atoms with Crippen LogP contribution in [0.25, 0.3) is 0 Å². The molecule has 0 saturated carbocycles. The van der Waals surface area contributed by atoms with E-state index < -0.39 is 5.91 Å². The van der Waals surface area contributed by atoms with Crippen molar-refractivity contribution in [3.8, 4) is 11.5 Å². The quantitative estimate of drug-likeness (QED) is 0.482. The molecule has 0 heterocycles. The number of carbonyl (C=O) groups excluding carboxylic acids is 1. The maximum absolute atomic E-state index is 12.1. The van der Waals surface area contributed by atoms with Crippen LogP contribution < -0.4 is 14.9 Å². The molecule has 0 spiro atoms. The third-order valence-corrected chi connectivity index (χ3v) is 4.00. The first-order valence-electron chi connectivity index (χ1n) is 8.59. The van der Waals surface area contributed by atoms with Gasteiger partial charge in [-0.15, -0.1) is 0 Å². The van der Waals surface area contributed by atoms with Gasteiger partial charge in [0.25, 0.3) is 5.91 Å². The Morgan fingerprint density at radius 2 is 1.93 bits per heavy atom. The highest BCUT2D eigenvalue weighted by Gasteiger charge is 2.13. The zero-order chi connectivity index (χ0) is 19.8. The average Bonchev–Trinajstić information content (AvgIpc) is 2.61. The van der Waals surface area contributed by atoms with Crippen molar-refractivity contribution in [2.45, 2.75) is 20.8 Å². The molecule has 0 aliphatic rings. The van der Waals surface area contributed by atoms with E-state index in [1.165, 1.54) is 6.21 Å². The number of hydrogen-bond donors (Lipinski definition) is 1. The number of hydrazone groups is 1. The van der Waals surface area contributed by atoms with E-state index in [0.717, 1.165) is 0 Å². The molecule has 0 aromatic heterocycles. The Kier molecular flexibility index (Phi) is 7.95. The molecule has 0 saturated heterocycles. The van der Waals surface area contributed by atoms with Gasteiger partial charge in [0.2, 0.25) is 0 Å². The van der Waals surface area contributed by atoms with Crippen LogP contribution in [0.15, 0.2) is 41.5 Å².